The zero-order valence-electron chi connectivity index (χ0n) is 18.4. The molecule has 1 saturated heterocycles. The standard InChI is InChI=1S/C27H23NO5/c1-16-7-3-5-9-19(16)24-23(25(29)18-11-12-21-22(15-18)33-14-13-32-21)26(30)27(31)28(24)20-10-6-4-8-17(20)2/h3-12,15,24,29H,13-14H2,1-2H3/b25-23+. The minimum Gasteiger partial charge on any atom is -0.507 e. The van der Waals surface area contributed by atoms with Crippen molar-refractivity contribution in [1.82, 2.24) is 0 Å². The maximum atomic E-state index is 13.3. The SMILES string of the molecule is Cc1ccccc1C1/C(=C(\O)c2ccc3c(c2)OCCO3)C(=O)C(=O)N1c1ccccc1C. The van der Waals surface area contributed by atoms with Gasteiger partial charge in [0, 0.05) is 11.3 Å². The third kappa shape index (κ3) is 3.44. The van der Waals surface area contributed by atoms with Crippen LogP contribution in [-0.2, 0) is 9.59 Å². The van der Waals surface area contributed by atoms with E-state index in [0.29, 0.717) is 36.0 Å². The van der Waals surface area contributed by atoms with Crippen LogP contribution in [0, 0.1) is 13.8 Å². The molecule has 0 radical (unpaired) electrons. The van der Waals surface area contributed by atoms with Gasteiger partial charge in [0.15, 0.2) is 11.5 Å². The molecule has 5 rings (SSSR count). The molecule has 0 bridgehead atoms. The van der Waals surface area contributed by atoms with Gasteiger partial charge in [-0.25, -0.2) is 0 Å². The number of ether oxygens (including phenoxy) is 2. The Labute approximate surface area is 191 Å². The third-order valence-corrected chi connectivity index (χ3v) is 6.12. The molecule has 1 N–H and O–H groups in total. The fraction of sp³-hybridized carbons (Fsp3) is 0.185. The molecule has 33 heavy (non-hydrogen) atoms. The lowest BCUT2D eigenvalue weighted by Crippen LogP contribution is -2.30. The Morgan fingerprint density at radius 3 is 2.27 bits per heavy atom. The number of hydrogen-bond donors (Lipinski definition) is 1. The predicted molar refractivity (Wildman–Crippen MR) is 125 cm³/mol. The summed E-state index contributed by atoms with van der Waals surface area (Å²) >= 11 is 0. The Morgan fingerprint density at radius 2 is 1.55 bits per heavy atom. The highest BCUT2D eigenvalue weighted by atomic mass is 16.6. The van der Waals surface area contributed by atoms with Crippen molar-refractivity contribution in [3.63, 3.8) is 0 Å². The Balaban J connectivity index is 1.73. The van der Waals surface area contributed by atoms with E-state index in [1.807, 2.05) is 62.4 Å². The molecule has 0 aromatic heterocycles. The van der Waals surface area contributed by atoms with Crippen LogP contribution in [0.15, 0.2) is 72.3 Å². The number of amides is 1. The maximum absolute atomic E-state index is 13.3. The second kappa shape index (κ2) is 8.13. The summed E-state index contributed by atoms with van der Waals surface area (Å²) in [4.78, 5) is 28.1. The number of rotatable bonds is 3. The van der Waals surface area contributed by atoms with Gasteiger partial charge >= 0.3 is 0 Å². The molecule has 2 heterocycles. The first-order chi connectivity index (χ1) is 16.0. The largest absolute Gasteiger partial charge is 0.507 e. The number of anilines is 1. The first kappa shape index (κ1) is 20.8. The molecule has 2 aliphatic heterocycles. The molecule has 1 fully saturated rings. The van der Waals surface area contributed by atoms with Crippen LogP contribution in [-0.4, -0.2) is 30.0 Å². The van der Waals surface area contributed by atoms with Gasteiger partial charge in [-0.15, -0.1) is 0 Å². The Kier molecular flexibility index (Phi) is 5.13. The molecular weight excluding hydrogens is 418 g/mol. The molecule has 3 aromatic carbocycles. The quantitative estimate of drug-likeness (QED) is 0.362. The number of nitrogens with zero attached hydrogens (tertiary/aromatic N) is 1. The number of benzene rings is 3. The Bertz CT molecular complexity index is 1310. The third-order valence-electron chi connectivity index (χ3n) is 6.12. The normalized spacial score (nSPS) is 19.1. The number of carbonyl (C=O) groups excluding carboxylic acids is 2. The predicted octanol–water partition coefficient (Wildman–Crippen LogP) is 4.70. The van der Waals surface area contributed by atoms with Crippen LogP contribution < -0.4 is 14.4 Å². The number of aryl methyl sites for hydroxylation is 2. The van der Waals surface area contributed by atoms with Gasteiger partial charge in [0.2, 0.25) is 0 Å². The van der Waals surface area contributed by atoms with E-state index in [9.17, 15) is 14.7 Å². The first-order valence-electron chi connectivity index (χ1n) is 10.8. The van der Waals surface area contributed by atoms with Gasteiger partial charge in [0.1, 0.15) is 19.0 Å². The highest BCUT2D eigenvalue weighted by Gasteiger charge is 2.47. The highest BCUT2D eigenvalue weighted by Crippen LogP contribution is 2.44. The molecular formula is C27H23NO5. The van der Waals surface area contributed by atoms with Gasteiger partial charge in [0.05, 0.1) is 11.6 Å². The molecule has 0 saturated carbocycles. The summed E-state index contributed by atoms with van der Waals surface area (Å²) in [5, 5.41) is 11.4. The van der Waals surface area contributed by atoms with Gasteiger partial charge in [-0.3, -0.25) is 14.5 Å². The van der Waals surface area contributed by atoms with Crippen molar-refractivity contribution in [3.05, 3.63) is 94.6 Å². The summed E-state index contributed by atoms with van der Waals surface area (Å²) in [5.41, 5.74) is 3.62. The average Bonchev–Trinajstić information content (AvgIpc) is 3.09. The number of Topliss-reactive ketones (excluding diaryl/α,β-unsaturated/α-hetero) is 1. The van der Waals surface area contributed by atoms with Crippen LogP contribution in [0.3, 0.4) is 0 Å². The van der Waals surface area contributed by atoms with Crippen LogP contribution in [0.4, 0.5) is 5.69 Å². The zero-order chi connectivity index (χ0) is 23.1. The van der Waals surface area contributed by atoms with Crippen molar-refractivity contribution in [2.24, 2.45) is 0 Å². The van der Waals surface area contributed by atoms with Crippen molar-refractivity contribution in [2.45, 2.75) is 19.9 Å². The number of ketones is 1. The summed E-state index contributed by atoms with van der Waals surface area (Å²) in [6.07, 6.45) is 0. The van der Waals surface area contributed by atoms with Crippen molar-refractivity contribution < 1.29 is 24.2 Å². The van der Waals surface area contributed by atoms with E-state index in [2.05, 4.69) is 0 Å². The van der Waals surface area contributed by atoms with E-state index in [1.54, 1.807) is 18.2 Å². The van der Waals surface area contributed by atoms with Crippen LogP contribution in [0.2, 0.25) is 0 Å². The van der Waals surface area contributed by atoms with Crippen LogP contribution >= 0.6 is 0 Å². The van der Waals surface area contributed by atoms with E-state index in [1.165, 1.54) is 4.90 Å². The number of aliphatic hydroxyl groups excluding tert-OH is 1. The van der Waals surface area contributed by atoms with Crippen molar-refractivity contribution in [2.75, 3.05) is 18.1 Å². The summed E-state index contributed by atoms with van der Waals surface area (Å²) in [5.74, 6) is -0.565. The second-order valence-electron chi connectivity index (χ2n) is 8.17. The lowest BCUT2D eigenvalue weighted by molar-refractivity contribution is -0.132. The van der Waals surface area contributed by atoms with Crippen molar-refractivity contribution in [3.8, 4) is 11.5 Å². The Morgan fingerprint density at radius 1 is 0.879 bits per heavy atom. The van der Waals surface area contributed by atoms with Crippen LogP contribution in [0.25, 0.3) is 5.76 Å². The molecule has 1 unspecified atom stereocenters. The van der Waals surface area contributed by atoms with E-state index < -0.39 is 17.7 Å². The van der Waals surface area contributed by atoms with Gasteiger partial charge < -0.3 is 14.6 Å². The Hall–Kier alpha value is -4.06. The molecule has 1 atom stereocenters. The van der Waals surface area contributed by atoms with Gasteiger partial charge in [0.25, 0.3) is 11.7 Å². The van der Waals surface area contributed by atoms with Gasteiger partial charge in [-0.1, -0.05) is 42.5 Å². The minimum absolute atomic E-state index is 0.0502. The topological polar surface area (TPSA) is 76.1 Å². The molecule has 6 heteroatoms. The first-order valence-corrected chi connectivity index (χ1v) is 10.8. The molecule has 2 aliphatic rings. The lowest BCUT2D eigenvalue weighted by Gasteiger charge is -2.28. The van der Waals surface area contributed by atoms with Crippen LogP contribution in [0.1, 0.15) is 28.3 Å². The van der Waals surface area contributed by atoms with E-state index in [0.717, 1.165) is 16.7 Å². The summed E-state index contributed by atoms with van der Waals surface area (Å²) in [6.45, 7) is 4.67. The maximum Gasteiger partial charge on any atom is 0.300 e. The molecule has 166 valence electrons. The number of aliphatic hydroxyl groups is 1. The fourth-order valence-electron chi connectivity index (χ4n) is 4.45. The number of fused-ring (bicyclic) bond motifs is 1. The summed E-state index contributed by atoms with van der Waals surface area (Å²) in [7, 11) is 0. The molecule has 6 nitrogen and oxygen atoms in total. The average molecular weight is 441 g/mol. The lowest BCUT2D eigenvalue weighted by atomic mass is 9.92. The molecule has 1 amide bonds. The smallest absolute Gasteiger partial charge is 0.300 e. The number of para-hydroxylation sites is 1. The van der Waals surface area contributed by atoms with E-state index in [-0.39, 0.29) is 11.3 Å². The minimum atomic E-state index is -0.763. The highest BCUT2D eigenvalue weighted by molar-refractivity contribution is 6.51. The zero-order valence-corrected chi connectivity index (χ0v) is 18.4. The van der Waals surface area contributed by atoms with Crippen LogP contribution in [0.5, 0.6) is 11.5 Å². The van der Waals surface area contributed by atoms with Crippen molar-refractivity contribution in [1.29, 1.82) is 0 Å². The number of carbonyl (C=O) groups is 2. The molecule has 0 aliphatic carbocycles. The van der Waals surface area contributed by atoms with Gasteiger partial charge in [-0.05, 0) is 54.8 Å². The number of hydrogen-bond acceptors (Lipinski definition) is 5. The summed E-state index contributed by atoms with van der Waals surface area (Å²) < 4.78 is 11.2. The van der Waals surface area contributed by atoms with Gasteiger partial charge in [-0.2, -0.15) is 0 Å². The molecule has 3 aromatic rings. The second-order valence-corrected chi connectivity index (χ2v) is 8.17. The molecule has 0 spiro atoms. The monoisotopic (exact) mass is 441 g/mol. The van der Waals surface area contributed by atoms with E-state index >= 15 is 0 Å². The van der Waals surface area contributed by atoms with E-state index in [4.69, 9.17) is 9.47 Å². The fourth-order valence-corrected chi connectivity index (χ4v) is 4.45. The summed E-state index contributed by atoms with van der Waals surface area (Å²) in [6, 6.07) is 19.2. The van der Waals surface area contributed by atoms with Crippen molar-refractivity contribution >= 4 is 23.1 Å².